The van der Waals surface area contributed by atoms with Gasteiger partial charge in [0, 0.05) is 37.0 Å². The number of fused-ring (bicyclic) bond motifs is 1. The van der Waals surface area contributed by atoms with E-state index in [1.165, 1.54) is 59.3 Å². The molecule has 5 rings (SSSR count). The van der Waals surface area contributed by atoms with Crippen LogP contribution >= 0.6 is 11.6 Å². The van der Waals surface area contributed by atoms with Crippen LogP contribution in [0, 0.1) is 5.92 Å². The smallest absolute Gasteiger partial charge is 0.229 e. The molecule has 37 heavy (non-hydrogen) atoms. The van der Waals surface area contributed by atoms with Gasteiger partial charge in [-0.3, -0.25) is 19.4 Å². The quantitative estimate of drug-likeness (QED) is 0.334. The molecule has 2 amide bonds. The van der Waals surface area contributed by atoms with Crippen molar-refractivity contribution in [1.29, 1.82) is 0 Å². The first kappa shape index (κ1) is 26.2. The Bertz CT molecular complexity index is 1110. The number of nitrogens with zero attached hydrogens (tertiary/aromatic N) is 2. The molecule has 0 N–H and O–H groups in total. The van der Waals surface area contributed by atoms with E-state index in [4.69, 9.17) is 16.3 Å². The average molecular weight is 523 g/mol. The Morgan fingerprint density at radius 2 is 1.76 bits per heavy atom. The van der Waals surface area contributed by atoms with Crippen LogP contribution in [-0.4, -0.2) is 41.3 Å². The maximum Gasteiger partial charge on any atom is 0.229 e. The molecule has 1 heterocycles. The lowest BCUT2D eigenvalue weighted by Crippen LogP contribution is -2.33. The summed E-state index contributed by atoms with van der Waals surface area (Å²) >= 11 is 6.31. The Morgan fingerprint density at radius 3 is 2.51 bits per heavy atom. The van der Waals surface area contributed by atoms with Crippen LogP contribution in [0.1, 0.15) is 86.6 Å². The van der Waals surface area contributed by atoms with Gasteiger partial charge >= 0.3 is 0 Å². The molecule has 2 fully saturated rings. The van der Waals surface area contributed by atoms with Crippen LogP contribution in [0.5, 0.6) is 5.75 Å². The largest absolute Gasteiger partial charge is 0.491 e. The number of aryl methyl sites for hydroxylation is 2. The van der Waals surface area contributed by atoms with Crippen LogP contribution in [0.25, 0.3) is 0 Å². The lowest BCUT2D eigenvalue weighted by Gasteiger charge is -2.34. The van der Waals surface area contributed by atoms with Gasteiger partial charge in [-0.15, -0.1) is 0 Å². The average Bonchev–Trinajstić information content (AvgIpc) is 3.47. The molecule has 5 nitrogen and oxygen atoms in total. The van der Waals surface area contributed by atoms with Gasteiger partial charge in [0.1, 0.15) is 12.4 Å². The molecule has 1 saturated heterocycles. The van der Waals surface area contributed by atoms with Crippen molar-refractivity contribution in [3.63, 3.8) is 0 Å². The Labute approximate surface area is 226 Å². The number of ether oxygens (including phenoxy) is 1. The molecule has 1 saturated carbocycles. The molecule has 1 aliphatic heterocycles. The topological polar surface area (TPSA) is 49.9 Å². The Kier molecular flexibility index (Phi) is 8.51. The van der Waals surface area contributed by atoms with Crippen molar-refractivity contribution >= 4 is 23.4 Å². The van der Waals surface area contributed by atoms with Crippen LogP contribution in [0.3, 0.4) is 0 Å². The van der Waals surface area contributed by atoms with Crippen LogP contribution in [-0.2, 0) is 29.0 Å². The first-order valence-corrected chi connectivity index (χ1v) is 14.5. The van der Waals surface area contributed by atoms with E-state index in [-0.39, 0.29) is 11.8 Å². The van der Waals surface area contributed by atoms with E-state index in [1.807, 2.05) is 6.07 Å². The van der Waals surface area contributed by atoms with Gasteiger partial charge in [0.15, 0.2) is 0 Å². The van der Waals surface area contributed by atoms with Gasteiger partial charge in [0.25, 0.3) is 0 Å². The van der Waals surface area contributed by atoms with E-state index in [1.54, 1.807) is 0 Å². The highest BCUT2D eigenvalue weighted by Crippen LogP contribution is 2.39. The normalized spacial score (nSPS) is 20.2. The number of hydrogen-bond acceptors (Lipinski definition) is 4. The summed E-state index contributed by atoms with van der Waals surface area (Å²) in [6, 6.07) is 13.4. The maximum atomic E-state index is 11.9. The Morgan fingerprint density at radius 1 is 0.973 bits per heavy atom. The number of likely N-dealkylation sites (tertiary alicyclic amines) is 1. The first-order valence-electron chi connectivity index (χ1n) is 14.1. The monoisotopic (exact) mass is 522 g/mol. The molecule has 2 aromatic carbocycles. The minimum absolute atomic E-state index is 0.0894. The van der Waals surface area contributed by atoms with Crippen molar-refractivity contribution in [2.45, 2.75) is 83.7 Å². The van der Waals surface area contributed by atoms with Crippen LogP contribution < -0.4 is 4.74 Å². The summed E-state index contributed by atoms with van der Waals surface area (Å²) in [4.78, 5) is 27.8. The van der Waals surface area contributed by atoms with Crippen LogP contribution in [0.2, 0.25) is 5.02 Å². The zero-order valence-electron chi connectivity index (χ0n) is 22.0. The molecule has 3 aliphatic rings. The van der Waals surface area contributed by atoms with Gasteiger partial charge in [0.05, 0.1) is 6.54 Å². The third-order valence-electron chi connectivity index (χ3n) is 8.43. The fourth-order valence-electron chi connectivity index (χ4n) is 6.45. The summed E-state index contributed by atoms with van der Waals surface area (Å²) in [5, 5.41) is 0.833. The molecular weight excluding hydrogens is 484 g/mol. The highest BCUT2D eigenvalue weighted by atomic mass is 35.5. The van der Waals surface area contributed by atoms with Crippen molar-refractivity contribution in [1.82, 2.24) is 9.80 Å². The van der Waals surface area contributed by atoms with Crippen molar-refractivity contribution < 1.29 is 14.3 Å². The fourth-order valence-corrected chi connectivity index (χ4v) is 6.64. The summed E-state index contributed by atoms with van der Waals surface area (Å²) in [5.41, 5.74) is 5.33. The molecule has 0 spiro atoms. The molecule has 2 aliphatic carbocycles. The molecule has 0 radical (unpaired) electrons. The molecule has 1 atom stereocenters. The van der Waals surface area contributed by atoms with E-state index < -0.39 is 0 Å². The first-order chi connectivity index (χ1) is 18.0. The number of benzene rings is 2. The zero-order chi connectivity index (χ0) is 25.8. The van der Waals surface area contributed by atoms with Gasteiger partial charge in [-0.1, -0.05) is 56.0 Å². The maximum absolute atomic E-state index is 11.9. The van der Waals surface area contributed by atoms with Crippen molar-refractivity contribution in [3.05, 3.63) is 63.7 Å². The summed E-state index contributed by atoms with van der Waals surface area (Å²) in [6.07, 6.45) is 10.5. The number of rotatable bonds is 10. The van der Waals surface area contributed by atoms with Crippen molar-refractivity contribution in [2.24, 2.45) is 5.92 Å². The van der Waals surface area contributed by atoms with Gasteiger partial charge in [-0.2, -0.15) is 0 Å². The van der Waals surface area contributed by atoms with Crippen molar-refractivity contribution in [3.8, 4) is 5.75 Å². The highest BCUT2D eigenvalue weighted by molar-refractivity contribution is 6.30. The summed E-state index contributed by atoms with van der Waals surface area (Å²) in [7, 11) is 0. The second-order valence-corrected chi connectivity index (χ2v) is 11.4. The lowest BCUT2D eigenvalue weighted by atomic mass is 9.88. The number of amides is 2. The van der Waals surface area contributed by atoms with Crippen molar-refractivity contribution in [2.75, 3.05) is 19.7 Å². The number of carbonyl (C=O) groups excluding carboxylic acids is 2. The van der Waals surface area contributed by atoms with E-state index in [0.29, 0.717) is 32.0 Å². The van der Waals surface area contributed by atoms with Crippen LogP contribution in [0.4, 0.5) is 0 Å². The van der Waals surface area contributed by atoms with E-state index in [2.05, 4.69) is 42.2 Å². The Balaban J connectivity index is 1.29. The molecule has 0 aromatic heterocycles. The van der Waals surface area contributed by atoms with Gasteiger partial charge in [-0.05, 0) is 78.5 Å². The van der Waals surface area contributed by atoms with E-state index >= 15 is 0 Å². The van der Waals surface area contributed by atoms with E-state index in [9.17, 15) is 9.59 Å². The molecular formula is C31H39ClN2O3. The molecule has 198 valence electrons. The highest BCUT2D eigenvalue weighted by Gasteiger charge is 2.31. The molecule has 0 unspecified atom stereocenters. The second-order valence-electron chi connectivity index (χ2n) is 10.9. The SMILES string of the molecule is CCc1cc(CN(CC2CCCCC2)[C@H]2CCc3cc(Cl)ccc32)ccc1OCCN1C(=O)CCC1=O. The Hall–Kier alpha value is -2.37. The summed E-state index contributed by atoms with van der Waals surface area (Å²) in [5.74, 6) is 1.45. The van der Waals surface area contributed by atoms with Gasteiger partial charge < -0.3 is 4.74 Å². The lowest BCUT2D eigenvalue weighted by molar-refractivity contribution is -0.138. The predicted octanol–water partition coefficient (Wildman–Crippen LogP) is 6.50. The second kappa shape index (κ2) is 12.0. The standard InChI is InChI=1S/C31H39ClN2O3/c1-2-24-18-23(8-13-29(24)37-17-16-34-30(35)14-15-31(34)36)21-33(20-22-6-4-3-5-7-22)28-12-9-25-19-26(32)10-11-27(25)28/h8,10-11,13,18-19,22,28H,2-7,9,12,14-17,20-21H2,1H3/t28-/m0/s1. The summed E-state index contributed by atoms with van der Waals surface area (Å²) < 4.78 is 6.05. The zero-order valence-corrected chi connectivity index (χ0v) is 22.8. The molecule has 6 heteroatoms. The van der Waals surface area contributed by atoms with Gasteiger partial charge in [-0.25, -0.2) is 0 Å². The molecule has 2 aromatic rings. The summed E-state index contributed by atoms with van der Waals surface area (Å²) in [6.45, 7) is 4.87. The van der Waals surface area contributed by atoms with Crippen LogP contribution in [0.15, 0.2) is 36.4 Å². The third-order valence-corrected chi connectivity index (χ3v) is 8.66. The number of hydrogen-bond donors (Lipinski definition) is 0. The van der Waals surface area contributed by atoms with E-state index in [0.717, 1.165) is 49.0 Å². The minimum atomic E-state index is -0.0894. The minimum Gasteiger partial charge on any atom is -0.491 e. The number of imide groups is 1. The fraction of sp³-hybridized carbons (Fsp3) is 0.548. The third kappa shape index (κ3) is 6.21. The van der Waals surface area contributed by atoms with Gasteiger partial charge in [0.2, 0.25) is 11.8 Å². The number of halogens is 1. The predicted molar refractivity (Wildman–Crippen MR) is 147 cm³/mol. The molecule has 0 bridgehead atoms. The number of carbonyl (C=O) groups is 2.